The maximum Gasteiger partial charge on any atom is 0.340 e. The summed E-state index contributed by atoms with van der Waals surface area (Å²) in [5.41, 5.74) is 2.08. The highest BCUT2D eigenvalue weighted by molar-refractivity contribution is 5.99. The molecular formula is C18H18N4O5. The second kappa shape index (κ2) is 8.19. The Morgan fingerprint density at radius 3 is 2.67 bits per heavy atom. The van der Waals surface area contributed by atoms with E-state index in [1.807, 2.05) is 0 Å². The van der Waals surface area contributed by atoms with Gasteiger partial charge in [-0.3, -0.25) is 4.79 Å². The molecule has 140 valence electrons. The van der Waals surface area contributed by atoms with Crippen molar-refractivity contribution in [2.24, 2.45) is 0 Å². The van der Waals surface area contributed by atoms with Crippen molar-refractivity contribution in [2.45, 2.75) is 0 Å². The molecule has 0 bridgehead atoms. The molecule has 3 rings (SSSR count). The van der Waals surface area contributed by atoms with Crippen LogP contribution in [0, 0.1) is 0 Å². The number of rotatable bonds is 7. The van der Waals surface area contributed by atoms with Gasteiger partial charge in [0.1, 0.15) is 0 Å². The second-order valence-corrected chi connectivity index (χ2v) is 5.66. The van der Waals surface area contributed by atoms with E-state index in [1.54, 1.807) is 42.5 Å². The van der Waals surface area contributed by atoms with Crippen LogP contribution in [0.1, 0.15) is 10.4 Å². The highest BCUT2D eigenvalue weighted by Gasteiger charge is 2.14. The van der Waals surface area contributed by atoms with Crippen LogP contribution in [0.15, 0.2) is 47.3 Å². The minimum Gasteiger partial charge on any atom is -0.452 e. The standard InChI is InChI=1S/C18H18N4O5/c23-8-7-19-13-4-2-1-3-12(13)17(25)27-10-16(24)20-11-5-6-14-15(9-11)22-18(26)21-14/h1-6,9,19,23H,7-8,10H2,(H,20,24)(H2,21,22,26). The van der Waals surface area contributed by atoms with Gasteiger partial charge < -0.3 is 30.4 Å². The molecule has 0 aliphatic carbocycles. The molecule has 1 heterocycles. The summed E-state index contributed by atoms with van der Waals surface area (Å²) in [6.45, 7) is -0.258. The minimum absolute atomic E-state index is 0.0808. The number of amides is 1. The van der Waals surface area contributed by atoms with Crippen molar-refractivity contribution >= 4 is 34.3 Å². The highest BCUT2D eigenvalue weighted by atomic mass is 16.5. The Hall–Kier alpha value is -3.59. The van der Waals surface area contributed by atoms with E-state index in [0.717, 1.165) is 0 Å². The third kappa shape index (κ3) is 4.53. The van der Waals surface area contributed by atoms with Gasteiger partial charge in [0, 0.05) is 17.9 Å². The van der Waals surface area contributed by atoms with Crippen LogP contribution in [-0.2, 0) is 9.53 Å². The van der Waals surface area contributed by atoms with Crippen LogP contribution in [0.5, 0.6) is 0 Å². The predicted molar refractivity (Wildman–Crippen MR) is 99.8 cm³/mol. The first-order valence-electron chi connectivity index (χ1n) is 8.19. The van der Waals surface area contributed by atoms with E-state index in [9.17, 15) is 14.4 Å². The number of H-pyrrole nitrogens is 2. The molecule has 0 aliphatic rings. The lowest BCUT2D eigenvalue weighted by Crippen LogP contribution is -2.21. The number of fused-ring (bicyclic) bond motifs is 1. The van der Waals surface area contributed by atoms with E-state index in [1.165, 1.54) is 0 Å². The van der Waals surface area contributed by atoms with Crippen molar-refractivity contribution in [3.05, 3.63) is 58.5 Å². The van der Waals surface area contributed by atoms with Gasteiger partial charge in [0.2, 0.25) is 0 Å². The van der Waals surface area contributed by atoms with Gasteiger partial charge >= 0.3 is 11.7 Å². The van der Waals surface area contributed by atoms with Gasteiger partial charge in [0.05, 0.1) is 23.2 Å². The van der Waals surface area contributed by atoms with Crippen LogP contribution < -0.4 is 16.3 Å². The minimum atomic E-state index is -0.656. The maximum atomic E-state index is 12.2. The van der Waals surface area contributed by atoms with Gasteiger partial charge in [-0.15, -0.1) is 0 Å². The van der Waals surface area contributed by atoms with E-state index in [4.69, 9.17) is 9.84 Å². The number of aromatic amines is 2. The fraction of sp³-hybridized carbons (Fsp3) is 0.167. The molecule has 0 unspecified atom stereocenters. The van der Waals surface area contributed by atoms with Gasteiger partial charge in [0.25, 0.3) is 5.91 Å². The predicted octanol–water partition coefficient (Wildman–Crippen LogP) is 1.06. The molecule has 0 spiro atoms. The number of esters is 1. The number of aliphatic hydroxyl groups is 1. The van der Waals surface area contributed by atoms with Crippen LogP contribution in [-0.4, -0.2) is 46.7 Å². The van der Waals surface area contributed by atoms with Crippen molar-refractivity contribution in [1.82, 2.24) is 9.97 Å². The number of benzene rings is 2. The third-order valence-electron chi connectivity index (χ3n) is 3.71. The summed E-state index contributed by atoms with van der Waals surface area (Å²) in [5.74, 6) is -1.17. The monoisotopic (exact) mass is 370 g/mol. The molecule has 2 aromatic carbocycles. The molecule has 27 heavy (non-hydrogen) atoms. The SMILES string of the molecule is O=C(COC(=O)c1ccccc1NCCO)Nc1ccc2[nH]c(=O)[nH]c2c1. The van der Waals surface area contributed by atoms with Crippen molar-refractivity contribution in [3.63, 3.8) is 0 Å². The normalized spacial score (nSPS) is 10.6. The zero-order valence-electron chi connectivity index (χ0n) is 14.2. The fourth-order valence-corrected chi connectivity index (χ4v) is 2.52. The summed E-state index contributed by atoms with van der Waals surface area (Å²) >= 11 is 0. The average molecular weight is 370 g/mol. The van der Waals surface area contributed by atoms with Crippen LogP contribution in [0.25, 0.3) is 11.0 Å². The summed E-state index contributed by atoms with van der Waals surface area (Å²) < 4.78 is 5.06. The third-order valence-corrected chi connectivity index (χ3v) is 3.71. The first kappa shape index (κ1) is 18.2. The Balaban J connectivity index is 1.59. The van der Waals surface area contributed by atoms with Gasteiger partial charge in [-0.25, -0.2) is 9.59 Å². The molecule has 0 saturated heterocycles. The van der Waals surface area contributed by atoms with Crippen LogP contribution in [0.4, 0.5) is 11.4 Å². The first-order valence-corrected chi connectivity index (χ1v) is 8.19. The quantitative estimate of drug-likeness (QED) is 0.395. The number of aliphatic hydroxyl groups excluding tert-OH is 1. The molecule has 3 aromatic rings. The molecular weight excluding hydrogens is 352 g/mol. The van der Waals surface area contributed by atoms with Gasteiger partial charge in [0.15, 0.2) is 6.61 Å². The lowest BCUT2D eigenvalue weighted by molar-refractivity contribution is -0.119. The number of anilines is 2. The van der Waals surface area contributed by atoms with Crippen molar-refractivity contribution in [3.8, 4) is 0 Å². The van der Waals surface area contributed by atoms with Gasteiger partial charge in [-0.05, 0) is 30.3 Å². The van der Waals surface area contributed by atoms with Gasteiger partial charge in [-0.2, -0.15) is 0 Å². The molecule has 0 fully saturated rings. The Bertz CT molecular complexity index is 1020. The smallest absolute Gasteiger partial charge is 0.340 e. The zero-order valence-corrected chi connectivity index (χ0v) is 14.2. The Morgan fingerprint density at radius 2 is 1.85 bits per heavy atom. The van der Waals surface area contributed by atoms with E-state index in [-0.39, 0.29) is 24.4 Å². The summed E-state index contributed by atoms with van der Waals surface area (Å²) in [4.78, 5) is 40.7. The second-order valence-electron chi connectivity index (χ2n) is 5.66. The summed E-state index contributed by atoms with van der Waals surface area (Å²) in [6, 6.07) is 11.5. The van der Waals surface area contributed by atoms with E-state index in [2.05, 4.69) is 20.6 Å². The molecule has 9 heteroatoms. The molecule has 1 aromatic heterocycles. The number of para-hydroxylation sites is 1. The number of carbonyl (C=O) groups excluding carboxylic acids is 2. The number of carbonyl (C=O) groups is 2. The Labute approximate surface area is 153 Å². The molecule has 5 N–H and O–H groups in total. The van der Waals surface area contributed by atoms with Crippen LogP contribution in [0.2, 0.25) is 0 Å². The average Bonchev–Trinajstić information content (AvgIpc) is 3.04. The van der Waals surface area contributed by atoms with Crippen LogP contribution >= 0.6 is 0 Å². The number of hydrogen-bond donors (Lipinski definition) is 5. The fourth-order valence-electron chi connectivity index (χ4n) is 2.52. The largest absolute Gasteiger partial charge is 0.452 e. The number of ether oxygens (including phenoxy) is 1. The summed E-state index contributed by atoms with van der Waals surface area (Å²) in [5, 5.41) is 14.4. The van der Waals surface area contributed by atoms with E-state index < -0.39 is 18.5 Å². The van der Waals surface area contributed by atoms with Crippen LogP contribution in [0.3, 0.4) is 0 Å². The Kier molecular flexibility index (Phi) is 5.53. The number of imidazole rings is 1. The summed E-state index contributed by atoms with van der Waals surface area (Å²) in [6.07, 6.45) is 0. The summed E-state index contributed by atoms with van der Waals surface area (Å²) in [7, 11) is 0. The first-order chi connectivity index (χ1) is 13.1. The molecule has 0 radical (unpaired) electrons. The lowest BCUT2D eigenvalue weighted by Gasteiger charge is -2.11. The molecule has 1 amide bonds. The van der Waals surface area contributed by atoms with Crippen molar-refractivity contribution in [1.29, 1.82) is 0 Å². The maximum absolute atomic E-state index is 12.2. The Morgan fingerprint density at radius 1 is 1.07 bits per heavy atom. The molecule has 0 atom stereocenters. The van der Waals surface area contributed by atoms with Crippen molar-refractivity contribution < 1.29 is 19.4 Å². The molecule has 0 saturated carbocycles. The lowest BCUT2D eigenvalue weighted by atomic mass is 10.2. The van der Waals surface area contributed by atoms with Gasteiger partial charge in [-0.1, -0.05) is 12.1 Å². The number of aromatic nitrogens is 2. The van der Waals surface area contributed by atoms with E-state index >= 15 is 0 Å². The van der Waals surface area contributed by atoms with E-state index in [0.29, 0.717) is 22.4 Å². The molecule has 0 aliphatic heterocycles. The zero-order chi connectivity index (χ0) is 19.2. The topological polar surface area (TPSA) is 136 Å². The van der Waals surface area contributed by atoms with Crippen molar-refractivity contribution in [2.75, 3.05) is 30.4 Å². The molecule has 9 nitrogen and oxygen atoms in total. The number of nitrogens with one attached hydrogen (secondary N) is 4. The highest BCUT2D eigenvalue weighted by Crippen LogP contribution is 2.17. The number of hydrogen-bond acceptors (Lipinski definition) is 6.